The first-order valence-electron chi connectivity index (χ1n) is 4.33. The van der Waals surface area contributed by atoms with E-state index >= 15 is 0 Å². The van der Waals surface area contributed by atoms with E-state index in [1.807, 2.05) is 4.90 Å². The van der Waals surface area contributed by atoms with Gasteiger partial charge in [0.1, 0.15) is 0 Å². The Morgan fingerprint density at radius 3 is 3.08 bits per heavy atom. The molecule has 1 aromatic rings. The predicted octanol–water partition coefficient (Wildman–Crippen LogP) is 1.58. The van der Waals surface area contributed by atoms with Crippen molar-refractivity contribution >= 4 is 17.4 Å². The van der Waals surface area contributed by atoms with Crippen molar-refractivity contribution < 1.29 is 4.79 Å². The molecule has 0 aromatic carbocycles. The van der Waals surface area contributed by atoms with Crippen LogP contribution in [0.2, 0.25) is 0 Å². The first-order valence-corrected chi connectivity index (χ1v) is 5.21. The van der Waals surface area contributed by atoms with Gasteiger partial charge >= 0.3 is 6.03 Å². The van der Waals surface area contributed by atoms with Crippen LogP contribution in [-0.2, 0) is 6.54 Å². The lowest BCUT2D eigenvalue weighted by Crippen LogP contribution is -2.27. The number of aryl methyl sites for hydroxylation is 1. The van der Waals surface area contributed by atoms with Crippen molar-refractivity contribution in [3.8, 4) is 0 Å². The van der Waals surface area contributed by atoms with E-state index in [4.69, 9.17) is 0 Å². The van der Waals surface area contributed by atoms with Crippen LogP contribution < -0.4 is 5.32 Å². The van der Waals surface area contributed by atoms with Gasteiger partial charge in [-0.1, -0.05) is 0 Å². The number of carbonyl (C=O) groups excluding carboxylic acids is 1. The number of amides is 2. The highest BCUT2D eigenvalue weighted by Gasteiger charge is 2.20. The number of rotatable bonds is 2. The van der Waals surface area contributed by atoms with Crippen LogP contribution in [0.5, 0.6) is 0 Å². The molecule has 0 atom stereocenters. The molecule has 70 valence electrons. The lowest BCUT2D eigenvalue weighted by atomic mass is 10.3. The molecule has 0 radical (unpaired) electrons. The fourth-order valence-corrected chi connectivity index (χ4v) is 2.32. The third kappa shape index (κ3) is 1.67. The SMILES string of the molecule is Cc1ccsc1CN1CCNC1=O. The maximum atomic E-state index is 11.2. The van der Waals surface area contributed by atoms with Gasteiger partial charge in [-0.15, -0.1) is 11.3 Å². The Morgan fingerprint density at radius 2 is 2.54 bits per heavy atom. The van der Waals surface area contributed by atoms with Crippen LogP contribution in [0.3, 0.4) is 0 Å². The molecule has 0 spiro atoms. The molecule has 1 saturated heterocycles. The van der Waals surface area contributed by atoms with Crippen molar-refractivity contribution in [2.45, 2.75) is 13.5 Å². The van der Waals surface area contributed by atoms with Gasteiger partial charge in [0.15, 0.2) is 0 Å². The zero-order chi connectivity index (χ0) is 9.26. The number of hydrogen-bond donors (Lipinski definition) is 1. The van der Waals surface area contributed by atoms with Crippen LogP contribution in [0.1, 0.15) is 10.4 Å². The van der Waals surface area contributed by atoms with Gasteiger partial charge in [-0.3, -0.25) is 0 Å². The average molecular weight is 196 g/mol. The maximum Gasteiger partial charge on any atom is 0.317 e. The molecule has 2 amide bonds. The fourth-order valence-electron chi connectivity index (χ4n) is 1.40. The van der Waals surface area contributed by atoms with E-state index in [0.717, 1.165) is 19.6 Å². The lowest BCUT2D eigenvalue weighted by molar-refractivity contribution is 0.216. The van der Waals surface area contributed by atoms with Gasteiger partial charge in [0, 0.05) is 18.0 Å². The second kappa shape index (κ2) is 3.38. The number of thiophene rings is 1. The zero-order valence-corrected chi connectivity index (χ0v) is 8.36. The normalized spacial score (nSPS) is 16.4. The highest BCUT2D eigenvalue weighted by molar-refractivity contribution is 7.10. The summed E-state index contributed by atoms with van der Waals surface area (Å²) in [6, 6.07) is 2.15. The van der Waals surface area contributed by atoms with Crippen LogP contribution >= 0.6 is 11.3 Å². The Kier molecular flexibility index (Phi) is 2.22. The Bertz CT molecular complexity index is 321. The molecule has 0 saturated carbocycles. The maximum absolute atomic E-state index is 11.2. The van der Waals surface area contributed by atoms with Crippen molar-refractivity contribution in [1.82, 2.24) is 10.2 Å². The fraction of sp³-hybridized carbons (Fsp3) is 0.444. The highest BCUT2D eigenvalue weighted by atomic mass is 32.1. The molecular weight excluding hydrogens is 184 g/mol. The molecule has 4 heteroatoms. The zero-order valence-electron chi connectivity index (χ0n) is 7.54. The van der Waals surface area contributed by atoms with Gasteiger partial charge in [-0.05, 0) is 23.9 Å². The Morgan fingerprint density at radius 1 is 1.69 bits per heavy atom. The van der Waals surface area contributed by atoms with E-state index in [1.165, 1.54) is 10.4 Å². The molecule has 13 heavy (non-hydrogen) atoms. The number of urea groups is 1. The molecule has 1 aliphatic heterocycles. The third-order valence-corrected chi connectivity index (χ3v) is 3.26. The summed E-state index contributed by atoms with van der Waals surface area (Å²) in [6.07, 6.45) is 0. The minimum Gasteiger partial charge on any atom is -0.336 e. The molecule has 1 aliphatic rings. The van der Waals surface area contributed by atoms with Crippen LogP contribution in [0.25, 0.3) is 0 Å². The Labute approximate surface area is 81.4 Å². The first-order chi connectivity index (χ1) is 6.27. The predicted molar refractivity (Wildman–Crippen MR) is 52.9 cm³/mol. The summed E-state index contributed by atoms with van der Waals surface area (Å²) in [5.74, 6) is 0. The lowest BCUT2D eigenvalue weighted by Gasteiger charge is -2.12. The summed E-state index contributed by atoms with van der Waals surface area (Å²) in [5, 5.41) is 4.86. The molecule has 3 nitrogen and oxygen atoms in total. The van der Waals surface area contributed by atoms with Crippen LogP contribution in [0, 0.1) is 6.92 Å². The quantitative estimate of drug-likeness (QED) is 0.765. The molecular formula is C9H12N2OS. The summed E-state index contributed by atoms with van der Waals surface area (Å²) in [6.45, 7) is 4.45. The van der Waals surface area contributed by atoms with E-state index in [1.54, 1.807) is 11.3 Å². The van der Waals surface area contributed by atoms with Crippen LogP contribution in [0.15, 0.2) is 11.4 Å². The van der Waals surface area contributed by atoms with Crippen molar-refractivity contribution in [3.63, 3.8) is 0 Å². The molecule has 1 fully saturated rings. The van der Waals surface area contributed by atoms with Crippen molar-refractivity contribution in [2.75, 3.05) is 13.1 Å². The van der Waals surface area contributed by atoms with Crippen LogP contribution in [0.4, 0.5) is 4.79 Å². The van der Waals surface area contributed by atoms with Gasteiger partial charge in [-0.25, -0.2) is 4.79 Å². The summed E-state index contributed by atoms with van der Waals surface area (Å²) in [5.41, 5.74) is 1.28. The second-order valence-corrected chi connectivity index (χ2v) is 4.18. The molecule has 1 N–H and O–H groups in total. The van der Waals surface area contributed by atoms with Crippen molar-refractivity contribution in [3.05, 3.63) is 21.9 Å². The molecule has 2 rings (SSSR count). The van der Waals surface area contributed by atoms with E-state index in [0.29, 0.717) is 0 Å². The first kappa shape index (κ1) is 8.56. The minimum absolute atomic E-state index is 0.0628. The molecule has 1 aromatic heterocycles. The number of hydrogen-bond acceptors (Lipinski definition) is 2. The van der Waals surface area contributed by atoms with Gasteiger partial charge in [0.25, 0.3) is 0 Å². The topological polar surface area (TPSA) is 32.3 Å². The Balaban J connectivity index is 2.06. The van der Waals surface area contributed by atoms with Crippen molar-refractivity contribution in [2.24, 2.45) is 0 Å². The second-order valence-electron chi connectivity index (χ2n) is 3.18. The molecule has 0 bridgehead atoms. The van der Waals surface area contributed by atoms with Gasteiger partial charge < -0.3 is 10.2 Å². The van der Waals surface area contributed by atoms with Gasteiger partial charge in [0.2, 0.25) is 0 Å². The largest absolute Gasteiger partial charge is 0.336 e. The highest BCUT2D eigenvalue weighted by Crippen LogP contribution is 2.18. The van der Waals surface area contributed by atoms with E-state index in [9.17, 15) is 4.79 Å². The van der Waals surface area contributed by atoms with E-state index in [2.05, 4.69) is 23.7 Å². The molecule has 0 unspecified atom stereocenters. The average Bonchev–Trinajstić information content (AvgIpc) is 2.65. The molecule has 0 aliphatic carbocycles. The number of carbonyl (C=O) groups is 1. The van der Waals surface area contributed by atoms with E-state index in [-0.39, 0.29) is 6.03 Å². The van der Waals surface area contributed by atoms with Gasteiger partial charge in [0.05, 0.1) is 6.54 Å². The summed E-state index contributed by atoms with van der Waals surface area (Å²) < 4.78 is 0. The number of nitrogens with zero attached hydrogens (tertiary/aromatic N) is 1. The van der Waals surface area contributed by atoms with Gasteiger partial charge in [-0.2, -0.15) is 0 Å². The van der Waals surface area contributed by atoms with Crippen molar-refractivity contribution in [1.29, 1.82) is 0 Å². The Hall–Kier alpha value is -1.03. The van der Waals surface area contributed by atoms with Crippen LogP contribution in [-0.4, -0.2) is 24.0 Å². The number of nitrogens with one attached hydrogen (secondary N) is 1. The minimum atomic E-state index is 0.0628. The smallest absolute Gasteiger partial charge is 0.317 e. The third-order valence-electron chi connectivity index (χ3n) is 2.25. The summed E-state index contributed by atoms with van der Waals surface area (Å²) in [4.78, 5) is 14.4. The monoisotopic (exact) mass is 196 g/mol. The van der Waals surface area contributed by atoms with E-state index < -0.39 is 0 Å². The molecule has 2 heterocycles. The summed E-state index contributed by atoms with van der Waals surface area (Å²) in [7, 11) is 0. The summed E-state index contributed by atoms with van der Waals surface area (Å²) >= 11 is 1.72. The standard InChI is InChI=1S/C9H12N2OS/c1-7-2-5-13-8(7)6-11-4-3-10-9(11)12/h2,5H,3-4,6H2,1H3,(H,10,12).